The van der Waals surface area contributed by atoms with Crippen LogP contribution in [0.2, 0.25) is 5.02 Å². The van der Waals surface area contributed by atoms with E-state index in [9.17, 15) is 8.42 Å². The van der Waals surface area contributed by atoms with Crippen molar-refractivity contribution < 1.29 is 13.2 Å². The van der Waals surface area contributed by atoms with Crippen LogP contribution in [0.4, 0.5) is 0 Å². The minimum Gasteiger partial charge on any atom is -0.492 e. The summed E-state index contributed by atoms with van der Waals surface area (Å²) >= 11 is 5.88. The van der Waals surface area contributed by atoms with Crippen LogP contribution in [0.25, 0.3) is 10.9 Å². The molecule has 1 aliphatic heterocycles. The van der Waals surface area contributed by atoms with Gasteiger partial charge in [-0.05, 0) is 36.4 Å². The molecule has 0 radical (unpaired) electrons. The highest BCUT2D eigenvalue weighted by Gasteiger charge is 2.30. The molecule has 2 N–H and O–H groups in total. The first-order valence-corrected chi connectivity index (χ1v) is 10.6. The summed E-state index contributed by atoms with van der Waals surface area (Å²) in [5.41, 5.74) is 1.05. The molecule has 1 fully saturated rings. The van der Waals surface area contributed by atoms with E-state index in [1.807, 2.05) is 30.5 Å². The molecule has 0 atom stereocenters. The summed E-state index contributed by atoms with van der Waals surface area (Å²) in [4.78, 5) is 5.51. The van der Waals surface area contributed by atoms with Crippen molar-refractivity contribution in [3.63, 3.8) is 0 Å². The number of hydrogen-bond donors (Lipinski definition) is 2. The lowest BCUT2D eigenvalue weighted by Crippen LogP contribution is -2.59. The van der Waals surface area contributed by atoms with Gasteiger partial charge in [-0.25, -0.2) is 13.1 Å². The van der Waals surface area contributed by atoms with Gasteiger partial charge in [-0.2, -0.15) is 0 Å². The predicted octanol–water partition coefficient (Wildman–Crippen LogP) is 2.86. The zero-order chi connectivity index (χ0) is 18.9. The molecule has 2 heterocycles. The molecule has 0 bridgehead atoms. The summed E-state index contributed by atoms with van der Waals surface area (Å²) in [5.74, 6) is 0.854. The van der Waals surface area contributed by atoms with E-state index in [4.69, 9.17) is 16.3 Å². The maximum Gasteiger partial charge on any atom is 0.240 e. The van der Waals surface area contributed by atoms with E-state index in [-0.39, 0.29) is 10.9 Å². The van der Waals surface area contributed by atoms with Crippen molar-refractivity contribution in [2.75, 3.05) is 26.2 Å². The first-order valence-electron chi connectivity index (χ1n) is 8.70. The van der Waals surface area contributed by atoms with Crippen LogP contribution in [0.15, 0.2) is 59.6 Å². The van der Waals surface area contributed by atoms with Gasteiger partial charge in [-0.1, -0.05) is 23.7 Å². The lowest BCUT2D eigenvalue weighted by molar-refractivity contribution is 0.117. The second kappa shape index (κ2) is 7.52. The number of nitrogens with one attached hydrogen (secondary N) is 2. The van der Waals surface area contributed by atoms with Gasteiger partial charge in [-0.3, -0.25) is 4.90 Å². The maximum absolute atomic E-state index is 12.4. The van der Waals surface area contributed by atoms with Gasteiger partial charge in [0.1, 0.15) is 12.4 Å². The van der Waals surface area contributed by atoms with Gasteiger partial charge in [0.15, 0.2) is 0 Å². The fourth-order valence-corrected chi connectivity index (χ4v) is 4.73. The number of hydrogen-bond acceptors (Lipinski definition) is 4. The highest BCUT2D eigenvalue weighted by atomic mass is 35.5. The van der Waals surface area contributed by atoms with Gasteiger partial charge in [0.2, 0.25) is 10.0 Å². The topological polar surface area (TPSA) is 74.4 Å². The third kappa shape index (κ3) is 4.11. The normalized spacial score (nSPS) is 15.7. The maximum atomic E-state index is 12.4. The molecule has 1 aliphatic rings. The summed E-state index contributed by atoms with van der Waals surface area (Å²) in [6.07, 6.45) is 1.89. The van der Waals surface area contributed by atoms with Gasteiger partial charge >= 0.3 is 0 Å². The summed E-state index contributed by atoms with van der Waals surface area (Å²) < 4.78 is 33.4. The molecule has 0 unspecified atom stereocenters. The Morgan fingerprint density at radius 3 is 2.81 bits per heavy atom. The van der Waals surface area contributed by atoms with Crippen LogP contribution < -0.4 is 9.46 Å². The minimum absolute atomic E-state index is 0.0953. The molecule has 0 aliphatic carbocycles. The van der Waals surface area contributed by atoms with Crippen molar-refractivity contribution in [1.29, 1.82) is 0 Å². The van der Waals surface area contributed by atoms with E-state index in [1.54, 1.807) is 18.2 Å². The number of aromatic nitrogens is 1. The first kappa shape index (κ1) is 18.3. The largest absolute Gasteiger partial charge is 0.492 e. The highest BCUT2D eigenvalue weighted by molar-refractivity contribution is 7.89. The molecule has 1 saturated heterocycles. The highest BCUT2D eigenvalue weighted by Crippen LogP contribution is 2.24. The number of nitrogens with zero attached hydrogens (tertiary/aromatic N) is 1. The van der Waals surface area contributed by atoms with Crippen LogP contribution in [-0.4, -0.2) is 50.6 Å². The molecule has 142 valence electrons. The van der Waals surface area contributed by atoms with E-state index in [0.29, 0.717) is 24.7 Å². The number of sulfonamides is 1. The Bertz CT molecular complexity index is 1050. The monoisotopic (exact) mass is 405 g/mol. The van der Waals surface area contributed by atoms with Crippen molar-refractivity contribution in [3.05, 3.63) is 59.8 Å². The smallest absolute Gasteiger partial charge is 0.240 e. The van der Waals surface area contributed by atoms with Gasteiger partial charge in [0.05, 0.1) is 4.90 Å². The second-order valence-electron chi connectivity index (χ2n) is 6.58. The molecule has 8 heteroatoms. The number of aromatic amines is 1. The number of H-pyrrole nitrogens is 1. The Hall–Kier alpha value is -2.06. The standard InChI is InChI=1S/C19H20ClN3O3S/c20-14-3-1-4-16(11-14)27(24,25)22-15-12-23(13-15)9-10-26-19-6-2-5-18-17(19)7-8-21-18/h1-8,11,15,21-22H,9-10,12-13H2. The number of halogens is 1. The molecular formula is C19H20ClN3O3S. The van der Waals surface area contributed by atoms with Crippen molar-refractivity contribution in [3.8, 4) is 5.75 Å². The molecule has 1 aromatic heterocycles. The Labute approximate surface area is 163 Å². The molecule has 0 spiro atoms. The van der Waals surface area contributed by atoms with E-state index in [1.165, 1.54) is 6.07 Å². The van der Waals surface area contributed by atoms with Crippen LogP contribution >= 0.6 is 11.6 Å². The van der Waals surface area contributed by atoms with E-state index in [2.05, 4.69) is 14.6 Å². The van der Waals surface area contributed by atoms with Crippen molar-refractivity contribution >= 4 is 32.5 Å². The van der Waals surface area contributed by atoms with Crippen molar-refractivity contribution in [1.82, 2.24) is 14.6 Å². The number of likely N-dealkylation sites (tertiary alicyclic amines) is 1. The zero-order valence-corrected chi connectivity index (χ0v) is 16.1. The number of benzene rings is 2. The molecule has 0 saturated carbocycles. The van der Waals surface area contributed by atoms with Gasteiger partial charge in [0.25, 0.3) is 0 Å². The Balaban J connectivity index is 1.25. The third-order valence-corrected chi connectivity index (χ3v) is 6.36. The zero-order valence-electron chi connectivity index (χ0n) is 14.6. The van der Waals surface area contributed by atoms with Gasteiger partial charge < -0.3 is 9.72 Å². The number of rotatable bonds is 7. The Kier molecular flexibility index (Phi) is 5.10. The Morgan fingerprint density at radius 1 is 1.19 bits per heavy atom. The first-order chi connectivity index (χ1) is 13.0. The third-order valence-electron chi connectivity index (χ3n) is 4.61. The fraction of sp³-hybridized carbons (Fsp3) is 0.263. The molecule has 2 aromatic carbocycles. The Morgan fingerprint density at radius 2 is 2.00 bits per heavy atom. The molecule has 27 heavy (non-hydrogen) atoms. The minimum atomic E-state index is -3.54. The molecule has 3 aromatic rings. The quantitative estimate of drug-likeness (QED) is 0.633. The molecule has 4 rings (SSSR count). The fourth-order valence-electron chi connectivity index (χ4n) is 3.22. The van der Waals surface area contributed by atoms with Crippen LogP contribution in [0.1, 0.15) is 0 Å². The molecule has 6 nitrogen and oxygen atoms in total. The van der Waals surface area contributed by atoms with E-state index < -0.39 is 10.0 Å². The van der Waals surface area contributed by atoms with Crippen molar-refractivity contribution in [2.24, 2.45) is 0 Å². The summed E-state index contributed by atoms with van der Waals surface area (Å²) in [6.45, 7) is 2.63. The second-order valence-corrected chi connectivity index (χ2v) is 8.73. The van der Waals surface area contributed by atoms with Crippen LogP contribution in [-0.2, 0) is 10.0 Å². The average Bonchev–Trinajstić information content (AvgIpc) is 3.09. The van der Waals surface area contributed by atoms with Crippen LogP contribution in [0.5, 0.6) is 5.75 Å². The number of fused-ring (bicyclic) bond motifs is 1. The SMILES string of the molecule is O=S(=O)(NC1CN(CCOc2cccc3[nH]ccc23)C1)c1cccc(Cl)c1. The lowest BCUT2D eigenvalue weighted by Gasteiger charge is -2.39. The van der Waals surface area contributed by atoms with Gasteiger partial charge in [-0.15, -0.1) is 0 Å². The van der Waals surface area contributed by atoms with E-state index in [0.717, 1.165) is 23.2 Å². The predicted molar refractivity (Wildman–Crippen MR) is 106 cm³/mol. The average molecular weight is 406 g/mol. The van der Waals surface area contributed by atoms with Crippen LogP contribution in [0.3, 0.4) is 0 Å². The lowest BCUT2D eigenvalue weighted by atomic mass is 10.1. The summed E-state index contributed by atoms with van der Waals surface area (Å²) in [5, 5.41) is 1.47. The van der Waals surface area contributed by atoms with Crippen molar-refractivity contribution in [2.45, 2.75) is 10.9 Å². The summed E-state index contributed by atoms with van der Waals surface area (Å²) in [6, 6.07) is 14.1. The van der Waals surface area contributed by atoms with Gasteiger partial charge in [0, 0.05) is 47.8 Å². The number of ether oxygens (including phenoxy) is 1. The van der Waals surface area contributed by atoms with E-state index >= 15 is 0 Å². The molecule has 0 amide bonds. The summed E-state index contributed by atoms with van der Waals surface area (Å²) in [7, 11) is -3.54. The molecular weight excluding hydrogens is 386 g/mol. The van der Waals surface area contributed by atoms with Crippen LogP contribution in [0, 0.1) is 0 Å².